The van der Waals surface area contributed by atoms with Crippen molar-refractivity contribution in [3.8, 4) is 22.8 Å². The number of nitrogens with one attached hydrogen (secondary N) is 1. The number of hydrogen-bond acceptors (Lipinski definition) is 6. The van der Waals surface area contributed by atoms with Gasteiger partial charge in [0.25, 0.3) is 0 Å². The fraction of sp³-hybridized carbons (Fsp3) is 0.409. The standard InChI is InChI=1S/C22H24N4O3S/c1-12(27)24-19-7-14-15(10-26(2)16(14)9-23-19)21-22-17(8-20(25-21)30-3)29-18(11-28-22)13-5-4-6-13/h7-10,13,18H,4-6,11H2,1-3H3,(H,23,24,27). The molecule has 8 heteroatoms. The molecule has 1 saturated carbocycles. The molecule has 4 heterocycles. The summed E-state index contributed by atoms with van der Waals surface area (Å²) in [6.07, 6.45) is 9.59. The van der Waals surface area contributed by atoms with Gasteiger partial charge in [-0.15, -0.1) is 11.8 Å². The number of aryl methyl sites for hydroxylation is 1. The van der Waals surface area contributed by atoms with Gasteiger partial charge >= 0.3 is 0 Å². The van der Waals surface area contributed by atoms with Crippen molar-refractivity contribution < 1.29 is 14.3 Å². The van der Waals surface area contributed by atoms with E-state index in [0.717, 1.165) is 32.9 Å². The van der Waals surface area contributed by atoms with Gasteiger partial charge in [-0.1, -0.05) is 6.42 Å². The maximum atomic E-state index is 11.5. The molecule has 1 aliphatic carbocycles. The van der Waals surface area contributed by atoms with E-state index >= 15 is 0 Å². The lowest BCUT2D eigenvalue weighted by atomic mass is 9.81. The Bertz CT molecular complexity index is 1140. The van der Waals surface area contributed by atoms with E-state index in [1.54, 1.807) is 18.0 Å². The highest BCUT2D eigenvalue weighted by Gasteiger charge is 2.34. The molecule has 156 valence electrons. The van der Waals surface area contributed by atoms with Gasteiger partial charge in [-0.3, -0.25) is 4.79 Å². The maximum Gasteiger partial charge on any atom is 0.222 e. The van der Waals surface area contributed by atoms with Crippen LogP contribution in [0.4, 0.5) is 5.82 Å². The minimum absolute atomic E-state index is 0.110. The van der Waals surface area contributed by atoms with Crippen LogP contribution in [0.3, 0.4) is 0 Å². The van der Waals surface area contributed by atoms with Crippen molar-refractivity contribution in [2.75, 3.05) is 18.2 Å². The largest absolute Gasteiger partial charge is 0.484 e. The summed E-state index contributed by atoms with van der Waals surface area (Å²) in [6, 6.07) is 3.86. The van der Waals surface area contributed by atoms with Crippen molar-refractivity contribution in [3.05, 3.63) is 24.5 Å². The second-order valence-corrected chi connectivity index (χ2v) is 8.75. The number of ether oxygens (including phenoxy) is 2. The summed E-state index contributed by atoms with van der Waals surface area (Å²) in [5, 5.41) is 4.60. The number of fused-ring (bicyclic) bond motifs is 2. The monoisotopic (exact) mass is 424 g/mol. The predicted molar refractivity (Wildman–Crippen MR) is 117 cm³/mol. The van der Waals surface area contributed by atoms with Gasteiger partial charge in [0.1, 0.15) is 29.2 Å². The lowest BCUT2D eigenvalue weighted by molar-refractivity contribution is -0.114. The number of thioether (sulfide) groups is 1. The van der Waals surface area contributed by atoms with Crippen LogP contribution in [0.25, 0.3) is 22.2 Å². The van der Waals surface area contributed by atoms with Gasteiger partial charge in [0, 0.05) is 37.2 Å². The van der Waals surface area contributed by atoms with Crippen LogP contribution >= 0.6 is 11.8 Å². The third-order valence-corrected chi connectivity index (χ3v) is 6.53. The molecular weight excluding hydrogens is 400 g/mol. The summed E-state index contributed by atoms with van der Waals surface area (Å²) in [5.74, 6) is 2.39. The highest BCUT2D eigenvalue weighted by molar-refractivity contribution is 7.98. The molecule has 1 N–H and O–H groups in total. The van der Waals surface area contributed by atoms with Crippen LogP contribution in [0.15, 0.2) is 29.6 Å². The molecule has 3 aromatic rings. The summed E-state index contributed by atoms with van der Waals surface area (Å²) < 4.78 is 14.6. The number of aromatic nitrogens is 3. The first-order valence-electron chi connectivity index (χ1n) is 10.1. The van der Waals surface area contributed by atoms with Crippen LogP contribution in [0.5, 0.6) is 11.5 Å². The van der Waals surface area contributed by atoms with Gasteiger partial charge in [-0.05, 0) is 31.1 Å². The zero-order valence-electron chi connectivity index (χ0n) is 17.3. The van der Waals surface area contributed by atoms with E-state index < -0.39 is 0 Å². The first kappa shape index (κ1) is 19.2. The van der Waals surface area contributed by atoms with E-state index in [1.807, 2.05) is 36.2 Å². The molecule has 1 unspecified atom stereocenters. The normalized spacial score (nSPS) is 18.3. The Morgan fingerprint density at radius 3 is 2.87 bits per heavy atom. The fourth-order valence-electron chi connectivity index (χ4n) is 4.12. The van der Waals surface area contributed by atoms with E-state index in [1.165, 1.54) is 26.2 Å². The second kappa shape index (κ2) is 7.50. The fourth-order valence-corrected chi connectivity index (χ4v) is 4.53. The van der Waals surface area contributed by atoms with Gasteiger partial charge < -0.3 is 19.4 Å². The molecule has 0 aromatic carbocycles. The summed E-state index contributed by atoms with van der Waals surface area (Å²) >= 11 is 1.58. The third-order valence-electron chi connectivity index (χ3n) is 5.91. The zero-order valence-corrected chi connectivity index (χ0v) is 18.1. The maximum absolute atomic E-state index is 11.5. The van der Waals surface area contributed by atoms with Crippen LogP contribution < -0.4 is 14.8 Å². The van der Waals surface area contributed by atoms with Crippen molar-refractivity contribution in [3.63, 3.8) is 0 Å². The first-order valence-corrected chi connectivity index (χ1v) is 11.4. The third kappa shape index (κ3) is 3.29. The first-order chi connectivity index (χ1) is 14.5. The van der Waals surface area contributed by atoms with Crippen LogP contribution in [0.1, 0.15) is 26.2 Å². The van der Waals surface area contributed by atoms with Crippen molar-refractivity contribution >= 4 is 34.4 Å². The molecule has 30 heavy (non-hydrogen) atoms. The molecule has 1 aliphatic heterocycles. The summed E-state index contributed by atoms with van der Waals surface area (Å²) in [4.78, 5) is 20.7. The number of nitrogens with zero attached hydrogens (tertiary/aromatic N) is 3. The van der Waals surface area contributed by atoms with Gasteiger partial charge in [0.15, 0.2) is 11.5 Å². The van der Waals surface area contributed by atoms with Crippen molar-refractivity contribution in [2.45, 2.75) is 37.3 Å². The number of carbonyl (C=O) groups excluding carboxylic acids is 1. The molecule has 5 rings (SSSR count). The molecule has 1 fully saturated rings. The Morgan fingerprint density at radius 1 is 1.33 bits per heavy atom. The molecule has 0 bridgehead atoms. The zero-order chi connectivity index (χ0) is 20.8. The number of rotatable bonds is 4. The van der Waals surface area contributed by atoms with Gasteiger partial charge in [0.05, 0.1) is 11.7 Å². The predicted octanol–water partition coefficient (Wildman–Crippen LogP) is 4.26. The van der Waals surface area contributed by atoms with Crippen molar-refractivity contribution in [2.24, 2.45) is 13.0 Å². The molecule has 0 saturated heterocycles. The van der Waals surface area contributed by atoms with Gasteiger partial charge in [-0.25, -0.2) is 9.97 Å². The van der Waals surface area contributed by atoms with E-state index in [-0.39, 0.29) is 12.0 Å². The molecule has 1 amide bonds. The number of carbonyl (C=O) groups is 1. The van der Waals surface area contributed by atoms with Gasteiger partial charge in [0.2, 0.25) is 5.91 Å². The molecule has 7 nitrogen and oxygen atoms in total. The molecule has 3 aromatic heterocycles. The van der Waals surface area contributed by atoms with E-state index in [4.69, 9.17) is 14.5 Å². The topological polar surface area (TPSA) is 78.3 Å². The van der Waals surface area contributed by atoms with E-state index in [2.05, 4.69) is 10.3 Å². The molecule has 2 aliphatic rings. The van der Waals surface area contributed by atoms with E-state index in [0.29, 0.717) is 24.1 Å². The van der Waals surface area contributed by atoms with E-state index in [9.17, 15) is 4.79 Å². The van der Waals surface area contributed by atoms with Crippen LogP contribution in [-0.4, -0.2) is 39.4 Å². The number of hydrogen-bond donors (Lipinski definition) is 1. The molecule has 1 atom stereocenters. The van der Waals surface area contributed by atoms with Crippen LogP contribution in [0, 0.1) is 5.92 Å². The number of amides is 1. The SMILES string of the molecule is CSc1cc2c(c(-c3cn(C)c4cnc(NC(C)=O)cc34)n1)OCC(C1CCC1)O2. The summed E-state index contributed by atoms with van der Waals surface area (Å²) in [7, 11) is 1.97. The molecular formula is C22H24N4O3S. The van der Waals surface area contributed by atoms with Crippen LogP contribution in [0.2, 0.25) is 0 Å². The Labute approximate surface area is 179 Å². The molecule has 0 radical (unpaired) electrons. The highest BCUT2D eigenvalue weighted by Crippen LogP contribution is 2.46. The van der Waals surface area contributed by atoms with Crippen molar-refractivity contribution in [1.82, 2.24) is 14.5 Å². The highest BCUT2D eigenvalue weighted by atomic mass is 32.2. The Hall–Kier alpha value is -2.74. The Kier molecular flexibility index (Phi) is 4.81. The summed E-state index contributed by atoms with van der Waals surface area (Å²) in [6.45, 7) is 2.02. The summed E-state index contributed by atoms with van der Waals surface area (Å²) in [5.41, 5.74) is 2.64. The minimum Gasteiger partial charge on any atom is -0.484 e. The Morgan fingerprint density at radius 2 is 2.17 bits per heavy atom. The van der Waals surface area contributed by atoms with Crippen molar-refractivity contribution in [1.29, 1.82) is 0 Å². The van der Waals surface area contributed by atoms with Crippen LogP contribution in [-0.2, 0) is 11.8 Å². The minimum atomic E-state index is -0.155. The smallest absolute Gasteiger partial charge is 0.222 e. The lowest BCUT2D eigenvalue weighted by Crippen LogP contribution is -2.39. The second-order valence-electron chi connectivity index (χ2n) is 7.92. The van der Waals surface area contributed by atoms with Gasteiger partial charge in [-0.2, -0.15) is 0 Å². The number of pyridine rings is 2. The average Bonchev–Trinajstić information content (AvgIpc) is 3.01. The quantitative estimate of drug-likeness (QED) is 0.631. The lowest BCUT2D eigenvalue weighted by Gasteiger charge is -2.37. The molecule has 0 spiro atoms. The Balaban J connectivity index is 1.63. The average molecular weight is 425 g/mol. The number of anilines is 1.